The molecule has 0 aliphatic rings. The van der Waals surface area contributed by atoms with Gasteiger partial charge in [0.1, 0.15) is 13.7 Å². The largest absolute Gasteiger partial charge is 0.500 e. The number of aryl methyl sites for hydroxylation is 1. The van der Waals surface area contributed by atoms with Crippen molar-refractivity contribution >= 4 is 40.4 Å². The van der Waals surface area contributed by atoms with Gasteiger partial charge < -0.3 is 14.4 Å². The molecule has 3 aromatic heterocycles. The van der Waals surface area contributed by atoms with Crippen LogP contribution in [0.1, 0.15) is 5.56 Å². The van der Waals surface area contributed by atoms with Crippen molar-refractivity contribution in [1.29, 1.82) is 0 Å². The number of hydrogen-bond acceptors (Lipinski definition) is 3. The van der Waals surface area contributed by atoms with Gasteiger partial charge in [0.2, 0.25) is 0 Å². The number of benzene rings is 4. The minimum atomic E-state index is -1.74. The number of pyridine rings is 2. The summed E-state index contributed by atoms with van der Waals surface area (Å²) in [6, 6.07) is 45.7. The zero-order chi connectivity index (χ0) is 28.2. The van der Waals surface area contributed by atoms with Crippen LogP contribution in [-0.2, 0) is 20.1 Å². The van der Waals surface area contributed by atoms with Gasteiger partial charge in [-0.3, -0.25) is 0 Å². The molecule has 4 aromatic carbocycles. The van der Waals surface area contributed by atoms with Crippen LogP contribution in [0.15, 0.2) is 132 Å². The van der Waals surface area contributed by atoms with Gasteiger partial charge in [0, 0.05) is 37.9 Å². The van der Waals surface area contributed by atoms with Crippen molar-refractivity contribution in [2.75, 3.05) is 0 Å². The Balaban J connectivity index is 0.000000228. The summed E-state index contributed by atoms with van der Waals surface area (Å²) in [6.07, 6.45) is 3.83. The summed E-state index contributed by atoms with van der Waals surface area (Å²) in [5, 5.41) is 4.99. The third kappa shape index (κ3) is 6.19. The first-order valence-electron chi connectivity index (χ1n) is 13.7. The molecule has 0 atom stereocenters. The normalized spacial score (nSPS) is 11.0. The number of fused-ring (bicyclic) bond motifs is 3. The van der Waals surface area contributed by atoms with E-state index in [0.717, 1.165) is 44.5 Å². The summed E-state index contributed by atoms with van der Waals surface area (Å²) in [5.74, 6) is 0. The van der Waals surface area contributed by atoms with Crippen LogP contribution in [0.2, 0.25) is 13.1 Å². The molecular weight excluding hydrogens is 709 g/mol. The van der Waals surface area contributed by atoms with E-state index in [0.29, 0.717) is 0 Å². The first-order valence-corrected chi connectivity index (χ1v) is 16.7. The maximum absolute atomic E-state index is 5.99. The number of aromatic nitrogens is 2. The van der Waals surface area contributed by atoms with Gasteiger partial charge >= 0.3 is 0 Å². The van der Waals surface area contributed by atoms with E-state index in [2.05, 4.69) is 104 Å². The van der Waals surface area contributed by atoms with Crippen LogP contribution in [-0.4, -0.2) is 18.0 Å². The fourth-order valence-corrected chi connectivity index (χ4v) is 7.24. The predicted octanol–water partition coefficient (Wildman–Crippen LogP) is 8.13. The van der Waals surface area contributed by atoms with Crippen molar-refractivity contribution in [3.05, 3.63) is 145 Å². The number of furan rings is 1. The van der Waals surface area contributed by atoms with Gasteiger partial charge in [-0.1, -0.05) is 90.4 Å². The Morgan fingerprint density at radius 2 is 1.43 bits per heavy atom. The van der Waals surface area contributed by atoms with Gasteiger partial charge in [-0.25, -0.2) is 0 Å². The summed E-state index contributed by atoms with van der Waals surface area (Å²) in [5.41, 5.74) is 6.92. The van der Waals surface area contributed by atoms with E-state index >= 15 is 0 Å². The summed E-state index contributed by atoms with van der Waals surface area (Å²) >= 11 is 0. The zero-order valence-electron chi connectivity index (χ0n) is 23.8. The molecule has 7 rings (SSSR count). The third-order valence-electron chi connectivity index (χ3n) is 7.47. The predicted molar refractivity (Wildman–Crippen MR) is 172 cm³/mol. The Morgan fingerprint density at radius 3 is 2.14 bits per heavy atom. The van der Waals surface area contributed by atoms with E-state index in [1.807, 2.05) is 54.7 Å². The van der Waals surface area contributed by atoms with E-state index in [-0.39, 0.29) is 20.1 Å². The number of nitrogens with zero attached hydrogens (tertiary/aromatic N) is 2. The third-order valence-corrected chi connectivity index (χ3v) is 11.0. The van der Waals surface area contributed by atoms with E-state index in [4.69, 9.17) is 9.40 Å². The van der Waals surface area contributed by atoms with Crippen molar-refractivity contribution < 1.29 is 24.5 Å². The number of rotatable bonds is 4. The van der Waals surface area contributed by atoms with Crippen LogP contribution in [0, 0.1) is 19.1 Å². The average molecular weight is 739 g/mol. The Hall–Kier alpha value is -4.15. The van der Waals surface area contributed by atoms with Gasteiger partial charge in [0.25, 0.3) is 0 Å². The summed E-state index contributed by atoms with van der Waals surface area (Å²) in [4.78, 5) is 9.02. The van der Waals surface area contributed by atoms with Crippen molar-refractivity contribution in [1.82, 2.24) is 9.97 Å². The molecule has 3 heterocycles. The maximum Gasteiger partial charge on any atom is 0.121 e. The van der Waals surface area contributed by atoms with Crippen molar-refractivity contribution in [2.45, 2.75) is 20.0 Å². The molecule has 0 unspecified atom stereocenters. The fraction of sp³-hybridized carbons (Fsp3) is 0.0811. The molecule has 0 bridgehead atoms. The van der Waals surface area contributed by atoms with E-state index in [1.165, 1.54) is 15.9 Å². The van der Waals surface area contributed by atoms with E-state index < -0.39 is 8.07 Å². The smallest absolute Gasteiger partial charge is 0.121 e. The standard InChI is InChI=1S/C26H22NOSi.C11H8N.Ir/c1-18-9-12-22-23-16-19(10-14-25(23)28-26(22)15-18)24-13-11-21(17-27-24)29(2,3)20-7-5-4-6-8-20;1-2-6-10(7-3-1)11-8-4-5-9-12-11;/h4-9,11-17H,1-3H3;1-6,8-9H;/q2*-1;. The second-order valence-corrected chi connectivity index (χ2v) is 15.0. The Bertz CT molecular complexity index is 1870. The number of hydrogen-bond donors (Lipinski definition) is 0. The molecule has 0 saturated heterocycles. The summed E-state index contributed by atoms with van der Waals surface area (Å²) in [6.45, 7) is 6.82. The molecule has 42 heavy (non-hydrogen) atoms. The van der Waals surface area contributed by atoms with Crippen LogP contribution in [0.4, 0.5) is 0 Å². The fourth-order valence-electron chi connectivity index (χ4n) is 5.00. The van der Waals surface area contributed by atoms with Gasteiger partial charge in [-0.05, 0) is 41.2 Å². The minimum Gasteiger partial charge on any atom is -0.500 e. The molecule has 209 valence electrons. The molecule has 0 N–H and O–H groups in total. The van der Waals surface area contributed by atoms with Crippen LogP contribution in [0.25, 0.3) is 44.5 Å². The van der Waals surface area contributed by atoms with Crippen molar-refractivity contribution in [2.24, 2.45) is 0 Å². The molecule has 0 amide bonds. The molecule has 5 heteroatoms. The van der Waals surface area contributed by atoms with Gasteiger partial charge in [-0.2, -0.15) is 0 Å². The van der Waals surface area contributed by atoms with Gasteiger partial charge in [0.05, 0.1) is 5.58 Å². The Kier molecular flexibility index (Phi) is 8.93. The van der Waals surface area contributed by atoms with Crippen LogP contribution >= 0.6 is 0 Å². The SMILES string of the molecule is Cc1ccc2c(c1)oc1c[c-]c(-c3ccc([Si](C)(C)c4ccccc4)cn3)cc12.[Ir].[c-]1ccccc1-c1ccccn1. The first-order chi connectivity index (χ1) is 20.0. The first kappa shape index (κ1) is 29.3. The molecular formula is C37H30IrN2OSi-2. The minimum absolute atomic E-state index is 0. The maximum atomic E-state index is 5.99. The molecule has 0 aliphatic heterocycles. The molecule has 0 fully saturated rings. The molecule has 1 radical (unpaired) electrons. The van der Waals surface area contributed by atoms with Crippen LogP contribution in [0.5, 0.6) is 0 Å². The topological polar surface area (TPSA) is 38.9 Å². The molecule has 3 nitrogen and oxygen atoms in total. The van der Waals surface area contributed by atoms with Crippen molar-refractivity contribution in [3.8, 4) is 22.5 Å². The summed E-state index contributed by atoms with van der Waals surface area (Å²) < 4.78 is 5.99. The summed E-state index contributed by atoms with van der Waals surface area (Å²) in [7, 11) is -1.74. The van der Waals surface area contributed by atoms with Crippen LogP contribution < -0.4 is 10.4 Å². The Labute approximate surface area is 261 Å². The molecule has 0 aliphatic carbocycles. The van der Waals surface area contributed by atoms with E-state index in [9.17, 15) is 0 Å². The average Bonchev–Trinajstić information content (AvgIpc) is 3.39. The quantitative estimate of drug-likeness (QED) is 0.135. The van der Waals surface area contributed by atoms with Crippen LogP contribution in [0.3, 0.4) is 0 Å². The molecule has 7 aromatic rings. The molecule has 0 saturated carbocycles. The van der Waals surface area contributed by atoms with Crippen molar-refractivity contribution in [3.63, 3.8) is 0 Å². The zero-order valence-corrected chi connectivity index (χ0v) is 27.2. The monoisotopic (exact) mass is 739 g/mol. The second-order valence-electron chi connectivity index (χ2n) is 10.6. The second kappa shape index (κ2) is 12.8. The Morgan fingerprint density at radius 1 is 0.643 bits per heavy atom. The van der Waals surface area contributed by atoms with Gasteiger partial charge in [-0.15, -0.1) is 59.7 Å². The van der Waals surface area contributed by atoms with Gasteiger partial charge in [0.15, 0.2) is 0 Å². The molecule has 0 spiro atoms. The van der Waals surface area contributed by atoms with E-state index in [1.54, 1.807) is 6.20 Å².